The Hall–Kier alpha value is -1.33. The second-order valence-electron chi connectivity index (χ2n) is 4.23. The highest BCUT2D eigenvalue weighted by atomic mass is 35.5. The van der Waals surface area contributed by atoms with Gasteiger partial charge < -0.3 is 15.0 Å². The largest absolute Gasteiger partial charge is 0.481 e. The van der Waals surface area contributed by atoms with Crippen molar-refractivity contribution < 1.29 is 13.9 Å². The summed E-state index contributed by atoms with van der Waals surface area (Å²) in [6.07, 6.45) is 0.873. The van der Waals surface area contributed by atoms with Crippen molar-refractivity contribution in [2.24, 2.45) is 0 Å². The van der Waals surface area contributed by atoms with Crippen LogP contribution in [0, 0.1) is 5.82 Å². The van der Waals surface area contributed by atoms with E-state index < -0.39 is 5.82 Å². The Kier molecular flexibility index (Phi) is 8.91. The van der Waals surface area contributed by atoms with Gasteiger partial charge in [-0.05, 0) is 39.2 Å². The SMILES string of the molecule is CN(C)CCCNC(=O)COc1ccccc1F.Cl. The molecule has 0 fully saturated rings. The summed E-state index contributed by atoms with van der Waals surface area (Å²) in [7, 11) is 3.95. The Morgan fingerprint density at radius 1 is 1.37 bits per heavy atom. The van der Waals surface area contributed by atoms with Gasteiger partial charge in [0.2, 0.25) is 0 Å². The fraction of sp³-hybridized carbons (Fsp3) is 0.462. The highest BCUT2D eigenvalue weighted by Gasteiger charge is 2.05. The van der Waals surface area contributed by atoms with Gasteiger partial charge in [-0.1, -0.05) is 12.1 Å². The van der Waals surface area contributed by atoms with Crippen LogP contribution < -0.4 is 10.1 Å². The summed E-state index contributed by atoms with van der Waals surface area (Å²) in [6, 6.07) is 6.02. The van der Waals surface area contributed by atoms with Crippen LogP contribution >= 0.6 is 12.4 Å². The number of halogens is 2. The predicted molar refractivity (Wildman–Crippen MR) is 75.3 cm³/mol. The molecule has 0 radical (unpaired) electrons. The molecule has 1 aromatic rings. The van der Waals surface area contributed by atoms with Crippen LogP contribution in [-0.4, -0.2) is 44.6 Å². The Morgan fingerprint density at radius 3 is 2.68 bits per heavy atom. The minimum atomic E-state index is -0.460. The van der Waals surface area contributed by atoms with Crippen LogP contribution in [0.25, 0.3) is 0 Å². The first-order valence-electron chi connectivity index (χ1n) is 5.88. The van der Waals surface area contributed by atoms with Gasteiger partial charge in [0, 0.05) is 6.54 Å². The molecule has 0 aromatic heterocycles. The fourth-order valence-electron chi connectivity index (χ4n) is 1.38. The number of nitrogens with zero attached hydrogens (tertiary/aromatic N) is 1. The van der Waals surface area contributed by atoms with E-state index in [2.05, 4.69) is 5.32 Å². The maximum absolute atomic E-state index is 13.2. The van der Waals surface area contributed by atoms with E-state index in [-0.39, 0.29) is 30.7 Å². The van der Waals surface area contributed by atoms with E-state index in [1.54, 1.807) is 12.1 Å². The highest BCUT2D eigenvalue weighted by molar-refractivity contribution is 5.85. The van der Waals surface area contributed by atoms with E-state index >= 15 is 0 Å². The van der Waals surface area contributed by atoms with E-state index in [1.807, 2.05) is 19.0 Å². The van der Waals surface area contributed by atoms with Crippen molar-refractivity contribution in [2.45, 2.75) is 6.42 Å². The minimum Gasteiger partial charge on any atom is -0.481 e. The topological polar surface area (TPSA) is 41.6 Å². The molecule has 1 N–H and O–H groups in total. The van der Waals surface area contributed by atoms with Crippen molar-refractivity contribution in [1.29, 1.82) is 0 Å². The molecular weight excluding hydrogens is 271 g/mol. The van der Waals surface area contributed by atoms with E-state index in [4.69, 9.17) is 4.74 Å². The first-order valence-corrected chi connectivity index (χ1v) is 5.88. The number of rotatable bonds is 7. The van der Waals surface area contributed by atoms with E-state index in [0.29, 0.717) is 6.54 Å². The zero-order chi connectivity index (χ0) is 13.4. The Labute approximate surface area is 119 Å². The lowest BCUT2D eigenvalue weighted by atomic mass is 10.3. The van der Waals surface area contributed by atoms with Crippen molar-refractivity contribution in [1.82, 2.24) is 10.2 Å². The molecule has 1 rings (SSSR count). The summed E-state index contributed by atoms with van der Waals surface area (Å²) in [4.78, 5) is 13.4. The molecule has 0 aliphatic heterocycles. The summed E-state index contributed by atoms with van der Waals surface area (Å²) in [6.45, 7) is 1.34. The molecule has 0 bridgehead atoms. The zero-order valence-electron chi connectivity index (χ0n) is 11.2. The third-order valence-electron chi connectivity index (χ3n) is 2.30. The van der Waals surface area contributed by atoms with Crippen LogP contribution in [0.3, 0.4) is 0 Å². The molecule has 1 aromatic carbocycles. The lowest BCUT2D eigenvalue weighted by Crippen LogP contribution is -2.31. The van der Waals surface area contributed by atoms with Gasteiger partial charge in [0.05, 0.1) is 0 Å². The standard InChI is InChI=1S/C13H19FN2O2.ClH/c1-16(2)9-5-8-15-13(17)10-18-12-7-4-3-6-11(12)14;/h3-4,6-7H,5,8-10H2,1-2H3,(H,15,17);1H. The minimum absolute atomic E-state index is 0. The molecular formula is C13H20ClFN2O2. The molecule has 0 saturated heterocycles. The maximum Gasteiger partial charge on any atom is 0.257 e. The number of nitrogens with one attached hydrogen (secondary N) is 1. The van der Waals surface area contributed by atoms with Gasteiger partial charge in [0.25, 0.3) is 5.91 Å². The third kappa shape index (κ3) is 7.64. The number of carbonyl (C=O) groups excluding carboxylic acids is 1. The van der Waals surface area contributed by atoms with Crippen molar-refractivity contribution in [3.05, 3.63) is 30.1 Å². The van der Waals surface area contributed by atoms with Gasteiger partial charge in [0.1, 0.15) is 0 Å². The average Bonchev–Trinajstić information content (AvgIpc) is 2.33. The quantitative estimate of drug-likeness (QED) is 0.777. The van der Waals surface area contributed by atoms with Crippen LogP contribution in [0.4, 0.5) is 4.39 Å². The molecule has 6 heteroatoms. The number of hydrogen-bond acceptors (Lipinski definition) is 3. The van der Waals surface area contributed by atoms with Gasteiger partial charge in [0.15, 0.2) is 18.2 Å². The summed E-state index contributed by atoms with van der Waals surface area (Å²) in [5.41, 5.74) is 0. The summed E-state index contributed by atoms with van der Waals surface area (Å²) in [5, 5.41) is 2.71. The predicted octanol–water partition coefficient (Wildman–Crippen LogP) is 1.69. The number of carbonyl (C=O) groups is 1. The molecule has 0 saturated carbocycles. The van der Waals surface area contributed by atoms with Crippen LogP contribution in [0.1, 0.15) is 6.42 Å². The number of hydrogen-bond donors (Lipinski definition) is 1. The fourth-order valence-corrected chi connectivity index (χ4v) is 1.38. The summed E-state index contributed by atoms with van der Waals surface area (Å²) >= 11 is 0. The van der Waals surface area contributed by atoms with Crippen LogP contribution in [0.2, 0.25) is 0 Å². The van der Waals surface area contributed by atoms with Crippen molar-refractivity contribution in [3.8, 4) is 5.75 Å². The summed E-state index contributed by atoms with van der Waals surface area (Å²) in [5.74, 6) is -0.601. The molecule has 0 atom stereocenters. The van der Waals surface area contributed by atoms with Crippen molar-refractivity contribution in [3.63, 3.8) is 0 Å². The van der Waals surface area contributed by atoms with Gasteiger partial charge in [-0.25, -0.2) is 4.39 Å². The highest BCUT2D eigenvalue weighted by Crippen LogP contribution is 2.14. The second-order valence-corrected chi connectivity index (χ2v) is 4.23. The Morgan fingerprint density at radius 2 is 2.05 bits per heavy atom. The van der Waals surface area contributed by atoms with Crippen LogP contribution in [0.5, 0.6) is 5.75 Å². The molecule has 0 aliphatic carbocycles. The van der Waals surface area contributed by atoms with Crippen molar-refractivity contribution >= 4 is 18.3 Å². The van der Waals surface area contributed by atoms with E-state index in [1.165, 1.54) is 12.1 Å². The molecule has 0 heterocycles. The molecule has 0 aliphatic rings. The molecule has 4 nitrogen and oxygen atoms in total. The van der Waals surface area contributed by atoms with E-state index in [9.17, 15) is 9.18 Å². The van der Waals surface area contributed by atoms with Gasteiger partial charge >= 0.3 is 0 Å². The maximum atomic E-state index is 13.2. The first kappa shape index (κ1) is 17.7. The Bertz CT molecular complexity index is 389. The van der Waals surface area contributed by atoms with Gasteiger partial charge in [-0.15, -0.1) is 12.4 Å². The first-order chi connectivity index (χ1) is 8.59. The smallest absolute Gasteiger partial charge is 0.257 e. The number of amides is 1. The molecule has 1 amide bonds. The number of benzene rings is 1. The van der Waals surface area contributed by atoms with Crippen LogP contribution in [-0.2, 0) is 4.79 Å². The lowest BCUT2D eigenvalue weighted by molar-refractivity contribution is -0.123. The molecule has 0 spiro atoms. The van der Waals surface area contributed by atoms with Gasteiger partial charge in [-0.2, -0.15) is 0 Å². The summed E-state index contributed by atoms with van der Waals surface area (Å²) < 4.78 is 18.3. The number of ether oxygens (including phenoxy) is 1. The average molecular weight is 291 g/mol. The third-order valence-corrected chi connectivity index (χ3v) is 2.30. The molecule has 0 unspecified atom stereocenters. The van der Waals surface area contributed by atoms with Crippen LogP contribution in [0.15, 0.2) is 24.3 Å². The zero-order valence-corrected chi connectivity index (χ0v) is 12.0. The van der Waals surface area contributed by atoms with Crippen molar-refractivity contribution in [2.75, 3.05) is 33.8 Å². The second kappa shape index (κ2) is 9.58. The monoisotopic (exact) mass is 290 g/mol. The Balaban J connectivity index is 0.00000324. The normalized spacial score (nSPS) is 9.89. The molecule has 19 heavy (non-hydrogen) atoms. The van der Waals surface area contributed by atoms with E-state index in [0.717, 1.165) is 13.0 Å². The number of para-hydroxylation sites is 1. The molecule has 108 valence electrons. The lowest BCUT2D eigenvalue weighted by Gasteiger charge is -2.10. The van der Waals surface area contributed by atoms with Gasteiger partial charge in [-0.3, -0.25) is 4.79 Å².